The monoisotopic (exact) mass is 542 g/mol. The van der Waals surface area contributed by atoms with Crippen molar-refractivity contribution in [3.05, 3.63) is 107 Å². The molecule has 0 aliphatic carbocycles. The Bertz CT molecular complexity index is 1440. The van der Waals surface area contributed by atoms with Crippen molar-refractivity contribution < 1.29 is 9.21 Å². The van der Waals surface area contributed by atoms with Crippen molar-refractivity contribution in [1.82, 2.24) is 15.2 Å². The van der Waals surface area contributed by atoms with Gasteiger partial charge in [0.25, 0.3) is 0 Å². The van der Waals surface area contributed by atoms with Crippen LogP contribution in [0.1, 0.15) is 46.6 Å². The molecule has 6 nitrogen and oxygen atoms in total. The van der Waals surface area contributed by atoms with Crippen LogP contribution in [0.25, 0.3) is 0 Å². The minimum atomic E-state index is -0.238. The van der Waals surface area contributed by atoms with E-state index in [0.29, 0.717) is 11.7 Å². The number of nitrogens with one attached hydrogen (secondary N) is 2. The predicted molar refractivity (Wildman–Crippen MR) is 155 cm³/mol. The Balaban J connectivity index is 1.36. The van der Waals surface area contributed by atoms with Crippen LogP contribution in [0.5, 0.6) is 0 Å². The number of benzene rings is 2. The maximum Gasteiger partial charge on any atom is 0.226 e. The lowest BCUT2D eigenvalue weighted by atomic mass is 10.0. The average Bonchev–Trinajstić information content (AvgIpc) is 3.50. The van der Waals surface area contributed by atoms with Crippen molar-refractivity contribution in [2.75, 3.05) is 11.9 Å². The van der Waals surface area contributed by atoms with E-state index in [-0.39, 0.29) is 24.4 Å². The van der Waals surface area contributed by atoms with Gasteiger partial charge in [-0.15, -0.1) is 0 Å². The highest BCUT2D eigenvalue weighted by Crippen LogP contribution is 2.41. The number of anilines is 1. The third-order valence-corrected chi connectivity index (χ3v) is 7.86. The smallest absolute Gasteiger partial charge is 0.226 e. The van der Waals surface area contributed by atoms with Gasteiger partial charge in [0.1, 0.15) is 11.8 Å². The first-order valence-corrected chi connectivity index (χ1v) is 13.8. The SMILES string of the molecule is Cc1ccc(Sc2ccc([C@@H]3[C@@H](c4ccccn4)NC(=S)N3CCC(=O)Nc3cc(C)ccc3C)o2)cc1. The van der Waals surface area contributed by atoms with Crippen LogP contribution in [-0.2, 0) is 4.79 Å². The molecule has 4 aromatic rings. The Morgan fingerprint density at radius 2 is 1.84 bits per heavy atom. The van der Waals surface area contributed by atoms with Crippen LogP contribution >= 0.6 is 24.0 Å². The second-order valence-electron chi connectivity index (χ2n) is 9.51. The normalized spacial score (nSPS) is 16.9. The molecule has 1 aliphatic rings. The highest BCUT2D eigenvalue weighted by Gasteiger charge is 2.41. The first-order valence-electron chi connectivity index (χ1n) is 12.6. The number of carbonyl (C=O) groups excluding carboxylic acids is 1. The molecular weight excluding hydrogens is 512 g/mol. The summed E-state index contributed by atoms with van der Waals surface area (Å²) >= 11 is 7.33. The molecule has 2 aromatic carbocycles. The average molecular weight is 543 g/mol. The Kier molecular flexibility index (Phi) is 7.81. The summed E-state index contributed by atoms with van der Waals surface area (Å²) in [5.74, 6) is 0.717. The molecule has 1 fully saturated rings. The van der Waals surface area contributed by atoms with E-state index in [1.807, 2.05) is 67.3 Å². The molecular formula is C30H30N4O2S2. The number of rotatable bonds is 8. The number of pyridine rings is 1. The summed E-state index contributed by atoms with van der Waals surface area (Å²) in [6.07, 6.45) is 2.06. The number of carbonyl (C=O) groups is 1. The van der Waals surface area contributed by atoms with Crippen LogP contribution in [0, 0.1) is 20.8 Å². The minimum Gasteiger partial charge on any atom is -0.452 e. The number of amides is 1. The zero-order valence-corrected chi connectivity index (χ0v) is 23.2. The molecule has 38 heavy (non-hydrogen) atoms. The quantitative estimate of drug-likeness (QED) is 0.239. The van der Waals surface area contributed by atoms with Gasteiger partial charge in [0, 0.05) is 29.7 Å². The van der Waals surface area contributed by atoms with Gasteiger partial charge in [0.2, 0.25) is 5.91 Å². The topological polar surface area (TPSA) is 70.4 Å². The molecule has 0 bridgehead atoms. The first kappa shape index (κ1) is 26.0. The molecule has 1 amide bonds. The van der Waals surface area contributed by atoms with Crippen molar-refractivity contribution in [2.45, 2.75) is 49.3 Å². The van der Waals surface area contributed by atoms with E-state index in [1.165, 1.54) is 5.56 Å². The summed E-state index contributed by atoms with van der Waals surface area (Å²) < 4.78 is 6.36. The fourth-order valence-electron chi connectivity index (χ4n) is 4.53. The molecule has 3 heterocycles. The predicted octanol–water partition coefficient (Wildman–Crippen LogP) is 6.75. The van der Waals surface area contributed by atoms with Gasteiger partial charge in [-0.1, -0.05) is 47.7 Å². The van der Waals surface area contributed by atoms with Crippen LogP contribution in [0.4, 0.5) is 5.69 Å². The van der Waals surface area contributed by atoms with Crippen LogP contribution in [0.3, 0.4) is 0 Å². The van der Waals surface area contributed by atoms with Gasteiger partial charge in [0.05, 0.1) is 11.7 Å². The summed E-state index contributed by atoms with van der Waals surface area (Å²) in [6, 6.07) is 23.8. The summed E-state index contributed by atoms with van der Waals surface area (Å²) in [6.45, 7) is 6.52. The third kappa shape index (κ3) is 5.92. The van der Waals surface area contributed by atoms with Gasteiger partial charge >= 0.3 is 0 Å². The molecule has 0 saturated carbocycles. The van der Waals surface area contributed by atoms with Gasteiger partial charge < -0.3 is 20.0 Å². The standard InChI is InChI=1S/C30H30N4O2S2/c1-19-8-11-22(12-9-19)38-27-14-13-25(36-27)29-28(23-6-4-5-16-31-23)33-30(37)34(29)17-15-26(35)32-24-18-20(2)7-10-21(24)3/h4-14,16,18,28-29H,15,17H2,1-3H3,(H,32,35)(H,33,37)/t28-,29-/m1/s1. The van der Waals surface area contributed by atoms with Gasteiger partial charge in [-0.2, -0.15) is 0 Å². The maximum atomic E-state index is 12.9. The molecule has 0 unspecified atom stereocenters. The molecule has 8 heteroatoms. The van der Waals surface area contributed by atoms with E-state index in [0.717, 1.165) is 38.3 Å². The van der Waals surface area contributed by atoms with Crippen molar-refractivity contribution in [2.24, 2.45) is 0 Å². The molecule has 194 valence electrons. The molecule has 2 atom stereocenters. The molecule has 0 spiro atoms. The lowest BCUT2D eigenvalue weighted by molar-refractivity contribution is -0.116. The highest BCUT2D eigenvalue weighted by atomic mass is 32.2. The van der Waals surface area contributed by atoms with Crippen LogP contribution in [0.15, 0.2) is 93.4 Å². The summed E-state index contributed by atoms with van der Waals surface area (Å²) in [5.41, 5.74) is 5.06. The van der Waals surface area contributed by atoms with Crippen LogP contribution in [-0.4, -0.2) is 27.4 Å². The molecule has 2 N–H and O–H groups in total. The van der Waals surface area contributed by atoms with E-state index in [1.54, 1.807) is 18.0 Å². The van der Waals surface area contributed by atoms with Gasteiger partial charge in [-0.05, 0) is 86.6 Å². The molecule has 0 radical (unpaired) electrons. The zero-order chi connectivity index (χ0) is 26.6. The van der Waals surface area contributed by atoms with Gasteiger partial charge in [0.15, 0.2) is 10.2 Å². The Labute approximate surface area is 232 Å². The number of furan rings is 1. The van der Waals surface area contributed by atoms with Gasteiger partial charge in [-0.3, -0.25) is 9.78 Å². The Hall–Kier alpha value is -3.62. The third-order valence-electron chi connectivity index (χ3n) is 6.58. The molecule has 1 saturated heterocycles. The lowest BCUT2D eigenvalue weighted by Crippen LogP contribution is -2.32. The largest absolute Gasteiger partial charge is 0.452 e. The molecule has 1 aliphatic heterocycles. The number of hydrogen-bond donors (Lipinski definition) is 2. The van der Waals surface area contributed by atoms with Crippen LogP contribution in [0.2, 0.25) is 0 Å². The van der Waals surface area contributed by atoms with Crippen LogP contribution < -0.4 is 10.6 Å². The van der Waals surface area contributed by atoms with E-state index < -0.39 is 0 Å². The number of hydrogen-bond acceptors (Lipinski definition) is 5. The summed E-state index contributed by atoms with van der Waals surface area (Å²) in [7, 11) is 0. The van der Waals surface area contributed by atoms with E-state index >= 15 is 0 Å². The second-order valence-corrected chi connectivity index (χ2v) is 11.0. The summed E-state index contributed by atoms with van der Waals surface area (Å²) in [5, 5.41) is 7.85. The van der Waals surface area contributed by atoms with Crippen molar-refractivity contribution in [1.29, 1.82) is 0 Å². The van der Waals surface area contributed by atoms with Crippen molar-refractivity contribution in [3.8, 4) is 0 Å². The fraction of sp³-hybridized carbons (Fsp3) is 0.233. The number of aromatic nitrogens is 1. The van der Waals surface area contributed by atoms with Crippen molar-refractivity contribution in [3.63, 3.8) is 0 Å². The molecule has 5 rings (SSSR count). The second kappa shape index (κ2) is 11.4. The maximum absolute atomic E-state index is 12.9. The highest BCUT2D eigenvalue weighted by molar-refractivity contribution is 7.99. The number of nitrogens with zero attached hydrogens (tertiary/aromatic N) is 2. The van der Waals surface area contributed by atoms with E-state index in [2.05, 4.69) is 46.8 Å². The minimum absolute atomic E-state index is 0.0587. The Morgan fingerprint density at radius 3 is 2.61 bits per heavy atom. The van der Waals surface area contributed by atoms with Gasteiger partial charge in [-0.25, -0.2) is 0 Å². The lowest BCUT2D eigenvalue weighted by Gasteiger charge is -2.25. The summed E-state index contributed by atoms with van der Waals surface area (Å²) in [4.78, 5) is 20.7. The number of thiocarbonyl (C=S) groups is 1. The number of aryl methyl sites for hydroxylation is 3. The first-order chi connectivity index (χ1) is 18.4. The fourth-order valence-corrected chi connectivity index (χ4v) is 5.64. The van der Waals surface area contributed by atoms with Crippen molar-refractivity contribution >= 4 is 40.7 Å². The Morgan fingerprint density at radius 1 is 1.05 bits per heavy atom. The van der Waals surface area contributed by atoms with E-state index in [4.69, 9.17) is 16.6 Å². The molecule has 2 aromatic heterocycles. The van der Waals surface area contributed by atoms with E-state index in [9.17, 15) is 4.79 Å². The zero-order valence-electron chi connectivity index (χ0n) is 21.6.